The molecule has 2 heterocycles. The Labute approximate surface area is 285 Å². The molecular weight excluding hydrogens is 636 g/mol. The number of anilines is 1. The highest BCUT2D eigenvalue weighted by molar-refractivity contribution is 6.07. The summed E-state index contributed by atoms with van der Waals surface area (Å²) < 4.78 is 28.2. The van der Waals surface area contributed by atoms with Crippen molar-refractivity contribution >= 4 is 46.1 Å². The van der Waals surface area contributed by atoms with Crippen molar-refractivity contribution in [2.24, 2.45) is 22.6 Å². The third-order valence-corrected chi connectivity index (χ3v) is 8.53. The van der Waals surface area contributed by atoms with E-state index in [0.717, 1.165) is 4.90 Å². The molecule has 1 aliphatic heterocycles. The number of alkyl halides is 2. The molecule has 0 saturated carbocycles. The molecule has 49 heavy (non-hydrogen) atoms. The molecule has 2 aromatic rings. The van der Waals surface area contributed by atoms with Crippen molar-refractivity contribution in [3.05, 3.63) is 36.0 Å². The summed E-state index contributed by atoms with van der Waals surface area (Å²) in [5.74, 6) is -5.40. The van der Waals surface area contributed by atoms with Gasteiger partial charge in [0, 0.05) is 70.3 Å². The Bertz CT molecular complexity index is 1590. The standard InChI is InChI=1S/C34H47F2N9O4/c1-21(2)31(48)27(8-7-13-40-33(38)43(4)5)42-29(46)12-15-44(6)23-9-10-26-25(16-23)24(11-14-39-26)32(49)41-19-30(47)45-20-34(35,36)17-28(45)22(3)18-37/h9-11,14,16,21-22,27-28H,7-8,12-13,15,17,19-20H2,1-6H3,(H2,38,40)(H,41,49)(H,42,46)/t22-,27+,28+/m1/s1. The normalized spacial score (nSPS) is 16.9. The molecule has 1 saturated heterocycles. The van der Waals surface area contributed by atoms with Crippen LogP contribution in [0.15, 0.2) is 35.5 Å². The molecule has 0 radical (unpaired) electrons. The van der Waals surface area contributed by atoms with E-state index in [9.17, 15) is 33.2 Å². The molecular formula is C34H47F2N9O4. The van der Waals surface area contributed by atoms with Crippen molar-refractivity contribution in [2.45, 2.75) is 64.5 Å². The highest BCUT2D eigenvalue weighted by Crippen LogP contribution is 2.35. The lowest BCUT2D eigenvalue weighted by atomic mass is 9.97. The second-order valence-electron chi connectivity index (χ2n) is 12.9. The Balaban J connectivity index is 1.64. The predicted molar refractivity (Wildman–Crippen MR) is 183 cm³/mol. The van der Waals surface area contributed by atoms with Crippen LogP contribution in [0.4, 0.5) is 14.5 Å². The molecule has 0 bridgehead atoms. The van der Waals surface area contributed by atoms with E-state index in [1.807, 2.05) is 11.0 Å². The molecule has 15 heteroatoms. The van der Waals surface area contributed by atoms with Gasteiger partial charge in [-0.3, -0.25) is 29.2 Å². The van der Waals surface area contributed by atoms with Gasteiger partial charge in [0.2, 0.25) is 11.8 Å². The second-order valence-corrected chi connectivity index (χ2v) is 12.9. The number of aromatic nitrogens is 1. The Morgan fingerprint density at radius 3 is 2.55 bits per heavy atom. The van der Waals surface area contributed by atoms with Crippen LogP contribution in [0.5, 0.6) is 0 Å². The number of Topliss-reactive ketones (excluding diaryl/α,β-unsaturated/α-hetero) is 1. The van der Waals surface area contributed by atoms with Gasteiger partial charge in [0.1, 0.15) is 0 Å². The maximum Gasteiger partial charge on any atom is 0.267 e. The van der Waals surface area contributed by atoms with Crippen LogP contribution in [-0.4, -0.2) is 110 Å². The SMILES string of the molecule is CC(C)C(=O)[C@H](CCCN=C(N)N(C)C)NC(=O)CCN(C)c1ccc2nccc(C(=O)NCC(=O)N3CC(F)(F)C[C@H]3[C@H](C)C#N)c2c1. The van der Waals surface area contributed by atoms with Crippen molar-refractivity contribution in [3.63, 3.8) is 0 Å². The molecule has 0 unspecified atom stereocenters. The fraction of sp³-hybridized carbons (Fsp3) is 0.559. The molecule has 266 valence electrons. The van der Waals surface area contributed by atoms with Crippen LogP contribution in [0, 0.1) is 23.2 Å². The Kier molecular flexibility index (Phi) is 13.4. The first-order valence-electron chi connectivity index (χ1n) is 16.3. The first-order chi connectivity index (χ1) is 23.0. The number of halogens is 2. The Morgan fingerprint density at radius 2 is 1.90 bits per heavy atom. The number of nitrogens with one attached hydrogen (secondary N) is 2. The Morgan fingerprint density at radius 1 is 1.18 bits per heavy atom. The van der Waals surface area contributed by atoms with Gasteiger partial charge in [0.25, 0.3) is 11.8 Å². The Hall–Kier alpha value is -4.87. The van der Waals surface area contributed by atoms with Gasteiger partial charge in [0.15, 0.2) is 11.7 Å². The molecule has 13 nitrogen and oxygen atoms in total. The molecule has 1 aliphatic rings. The summed E-state index contributed by atoms with van der Waals surface area (Å²) in [7, 11) is 5.36. The molecule has 0 aliphatic carbocycles. The lowest BCUT2D eigenvalue weighted by Gasteiger charge is -2.25. The number of pyridine rings is 1. The van der Waals surface area contributed by atoms with E-state index in [1.54, 1.807) is 58.1 Å². The molecule has 3 atom stereocenters. The predicted octanol–water partition coefficient (Wildman–Crippen LogP) is 2.55. The number of carbonyl (C=O) groups is 4. The van der Waals surface area contributed by atoms with Crippen molar-refractivity contribution in [3.8, 4) is 6.07 Å². The third kappa shape index (κ3) is 10.6. The van der Waals surface area contributed by atoms with Crippen LogP contribution in [0.3, 0.4) is 0 Å². The van der Waals surface area contributed by atoms with E-state index in [1.165, 1.54) is 19.2 Å². The van der Waals surface area contributed by atoms with E-state index in [2.05, 4.69) is 20.6 Å². The van der Waals surface area contributed by atoms with E-state index < -0.39 is 55.2 Å². The van der Waals surface area contributed by atoms with Crippen LogP contribution in [0.25, 0.3) is 10.9 Å². The zero-order valence-corrected chi connectivity index (χ0v) is 29.0. The number of hydrogen-bond donors (Lipinski definition) is 3. The number of benzene rings is 1. The van der Waals surface area contributed by atoms with Crippen LogP contribution in [0.2, 0.25) is 0 Å². The lowest BCUT2D eigenvalue weighted by Crippen LogP contribution is -2.45. The number of nitrogens with two attached hydrogens (primary N) is 1. The number of carbonyl (C=O) groups excluding carboxylic acids is 4. The summed E-state index contributed by atoms with van der Waals surface area (Å²) in [6.07, 6.45) is 1.96. The molecule has 1 aromatic heterocycles. The number of aliphatic imine (C=N–C) groups is 1. The minimum absolute atomic E-state index is 0.0595. The maximum absolute atomic E-state index is 14.1. The molecule has 0 spiro atoms. The zero-order chi connectivity index (χ0) is 36.5. The average Bonchev–Trinajstić information content (AvgIpc) is 3.40. The quantitative estimate of drug-likeness (QED) is 0.145. The summed E-state index contributed by atoms with van der Waals surface area (Å²) >= 11 is 0. The van der Waals surface area contributed by atoms with Gasteiger partial charge < -0.3 is 31.1 Å². The fourth-order valence-electron chi connectivity index (χ4n) is 5.56. The van der Waals surface area contributed by atoms with Crippen molar-refractivity contribution in [2.75, 3.05) is 52.2 Å². The first kappa shape index (κ1) is 38.6. The molecule has 4 N–H and O–H groups in total. The van der Waals surface area contributed by atoms with E-state index in [0.29, 0.717) is 48.5 Å². The number of guanidine groups is 1. The zero-order valence-electron chi connectivity index (χ0n) is 29.0. The van der Waals surface area contributed by atoms with E-state index >= 15 is 0 Å². The lowest BCUT2D eigenvalue weighted by molar-refractivity contribution is -0.132. The van der Waals surface area contributed by atoms with Gasteiger partial charge in [-0.05, 0) is 44.0 Å². The minimum Gasteiger partial charge on any atom is -0.374 e. The molecule has 1 fully saturated rings. The van der Waals surface area contributed by atoms with Gasteiger partial charge in [-0.15, -0.1) is 0 Å². The summed E-state index contributed by atoms with van der Waals surface area (Å²) in [6.45, 7) is 4.49. The van der Waals surface area contributed by atoms with Crippen LogP contribution >= 0.6 is 0 Å². The first-order valence-corrected chi connectivity index (χ1v) is 16.3. The number of ketones is 1. The number of rotatable bonds is 15. The van der Waals surface area contributed by atoms with Crippen molar-refractivity contribution < 1.29 is 28.0 Å². The maximum atomic E-state index is 14.1. The number of amides is 3. The summed E-state index contributed by atoms with van der Waals surface area (Å²) in [6, 6.07) is 7.11. The van der Waals surface area contributed by atoms with Crippen LogP contribution < -0.4 is 21.3 Å². The number of likely N-dealkylation sites (tertiary alicyclic amines) is 1. The van der Waals surface area contributed by atoms with Gasteiger partial charge in [-0.25, -0.2) is 8.78 Å². The van der Waals surface area contributed by atoms with Crippen molar-refractivity contribution in [1.29, 1.82) is 5.26 Å². The summed E-state index contributed by atoms with van der Waals surface area (Å²) in [5.41, 5.74) is 7.27. The fourth-order valence-corrected chi connectivity index (χ4v) is 5.56. The minimum atomic E-state index is -3.11. The van der Waals surface area contributed by atoms with E-state index in [4.69, 9.17) is 5.73 Å². The average molecular weight is 684 g/mol. The van der Waals surface area contributed by atoms with Crippen LogP contribution in [-0.2, 0) is 14.4 Å². The second kappa shape index (κ2) is 17.0. The molecule has 1 aromatic carbocycles. The van der Waals surface area contributed by atoms with Gasteiger partial charge in [-0.1, -0.05) is 13.8 Å². The smallest absolute Gasteiger partial charge is 0.267 e. The topological polar surface area (TPSA) is 177 Å². The number of nitrogens with zero attached hydrogens (tertiary/aromatic N) is 6. The van der Waals surface area contributed by atoms with Crippen molar-refractivity contribution in [1.82, 2.24) is 25.4 Å². The monoisotopic (exact) mass is 683 g/mol. The molecule has 3 rings (SSSR count). The van der Waals surface area contributed by atoms with Crippen LogP contribution in [0.1, 0.15) is 56.8 Å². The largest absolute Gasteiger partial charge is 0.374 e. The number of hydrogen-bond acceptors (Lipinski definition) is 8. The highest BCUT2D eigenvalue weighted by atomic mass is 19.3. The van der Waals surface area contributed by atoms with Gasteiger partial charge in [-0.2, -0.15) is 5.26 Å². The van der Waals surface area contributed by atoms with Gasteiger partial charge >= 0.3 is 0 Å². The van der Waals surface area contributed by atoms with E-state index in [-0.39, 0.29) is 29.6 Å². The summed E-state index contributed by atoms with van der Waals surface area (Å²) in [4.78, 5) is 64.9. The third-order valence-electron chi connectivity index (χ3n) is 8.53. The van der Waals surface area contributed by atoms with Gasteiger partial charge in [0.05, 0.1) is 48.2 Å². The summed E-state index contributed by atoms with van der Waals surface area (Å²) in [5, 5.41) is 15.1. The number of fused-ring (bicyclic) bond motifs is 1. The molecule has 3 amide bonds. The number of nitriles is 1. The highest BCUT2D eigenvalue weighted by Gasteiger charge is 2.48.